The number of benzene rings is 1. The first-order valence-electron chi connectivity index (χ1n) is 6.90. The second kappa shape index (κ2) is 6.03. The van der Waals surface area contributed by atoms with Gasteiger partial charge in [0.15, 0.2) is 10.6 Å². The Balaban J connectivity index is 1.59. The zero-order valence-electron chi connectivity index (χ0n) is 11.6. The molecule has 1 aromatic carbocycles. The summed E-state index contributed by atoms with van der Waals surface area (Å²) in [6, 6.07) is 10.6. The SMILES string of the molecule is Cc1nn(C[NH+]2CCN(c3ccccc3)CC2)c(=S)s1. The lowest BCUT2D eigenvalue weighted by molar-refractivity contribution is -0.924. The Hall–Kier alpha value is -1.24. The monoisotopic (exact) mass is 307 g/mol. The molecule has 0 saturated carbocycles. The summed E-state index contributed by atoms with van der Waals surface area (Å²) in [5, 5.41) is 5.53. The highest BCUT2D eigenvalue weighted by Crippen LogP contribution is 2.12. The van der Waals surface area contributed by atoms with E-state index in [0.717, 1.165) is 41.8 Å². The third-order valence-electron chi connectivity index (χ3n) is 3.67. The molecule has 1 aliphatic heterocycles. The average molecular weight is 307 g/mol. The Morgan fingerprint density at radius 3 is 2.55 bits per heavy atom. The van der Waals surface area contributed by atoms with Gasteiger partial charge in [-0.15, -0.1) is 0 Å². The zero-order valence-corrected chi connectivity index (χ0v) is 13.2. The smallest absolute Gasteiger partial charge is 0.184 e. The van der Waals surface area contributed by atoms with E-state index in [4.69, 9.17) is 12.2 Å². The molecule has 0 aliphatic carbocycles. The fraction of sp³-hybridized carbons (Fsp3) is 0.429. The van der Waals surface area contributed by atoms with Crippen molar-refractivity contribution in [1.82, 2.24) is 9.78 Å². The Labute approximate surface area is 128 Å². The van der Waals surface area contributed by atoms with E-state index >= 15 is 0 Å². The third-order valence-corrected chi connectivity index (χ3v) is 4.90. The molecule has 2 heterocycles. The third kappa shape index (κ3) is 3.08. The first-order valence-corrected chi connectivity index (χ1v) is 8.13. The second-order valence-electron chi connectivity index (χ2n) is 5.12. The van der Waals surface area contributed by atoms with Crippen LogP contribution >= 0.6 is 23.6 Å². The fourth-order valence-corrected chi connectivity index (χ4v) is 3.67. The maximum Gasteiger partial charge on any atom is 0.184 e. The van der Waals surface area contributed by atoms with Crippen molar-refractivity contribution in [2.24, 2.45) is 0 Å². The summed E-state index contributed by atoms with van der Waals surface area (Å²) in [6.07, 6.45) is 0. The topological polar surface area (TPSA) is 25.5 Å². The van der Waals surface area contributed by atoms with Gasteiger partial charge in [-0.1, -0.05) is 29.5 Å². The van der Waals surface area contributed by atoms with Gasteiger partial charge in [-0.05, 0) is 31.3 Å². The van der Waals surface area contributed by atoms with Crippen molar-refractivity contribution >= 4 is 29.2 Å². The van der Waals surface area contributed by atoms with E-state index in [-0.39, 0.29) is 0 Å². The van der Waals surface area contributed by atoms with Gasteiger partial charge in [0.05, 0.1) is 26.2 Å². The molecule has 3 rings (SSSR count). The molecule has 6 heteroatoms. The number of aryl methyl sites for hydroxylation is 1. The first-order chi connectivity index (χ1) is 9.72. The number of piperazine rings is 1. The van der Waals surface area contributed by atoms with Crippen LogP contribution in [0.4, 0.5) is 5.69 Å². The van der Waals surface area contributed by atoms with Gasteiger partial charge in [0, 0.05) is 5.69 Å². The molecule has 1 N–H and O–H groups in total. The molecule has 106 valence electrons. The van der Waals surface area contributed by atoms with Crippen LogP contribution in [0.5, 0.6) is 0 Å². The Morgan fingerprint density at radius 2 is 1.95 bits per heavy atom. The van der Waals surface area contributed by atoms with Gasteiger partial charge in [-0.25, -0.2) is 0 Å². The van der Waals surface area contributed by atoms with Gasteiger partial charge >= 0.3 is 0 Å². The highest BCUT2D eigenvalue weighted by Gasteiger charge is 2.20. The van der Waals surface area contributed by atoms with E-state index in [9.17, 15) is 0 Å². The van der Waals surface area contributed by atoms with Gasteiger partial charge in [0.1, 0.15) is 5.01 Å². The number of quaternary nitrogens is 1. The largest absolute Gasteiger partial charge is 0.360 e. The van der Waals surface area contributed by atoms with Crippen LogP contribution in [-0.2, 0) is 6.67 Å². The first kappa shape index (κ1) is 13.7. The molecule has 4 nitrogen and oxygen atoms in total. The van der Waals surface area contributed by atoms with Crippen molar-refractivity contribution in [3.8, 4) is 0 Å². The zero-order chi connectivity index (χ0) is 13.9. The maximum atomic E-state index is 5.34. The molecule has 0 amide bonds. The lowest BCUT2D eigenvalue weighted by atomic mass is 10.2. The minimum atomic E-state index is 0.889. The number of hydrogen-bond acceptors (Lipinski definition) is 4. The van der Waals surface area contributed by atoms with Gasteiger partial charge in [0.25, 0.3) is 0 Å². The van der Waals surface area contributed by atoms with Crippen LogP contribution in [-0.4, -0.2) is 36.0 Å². The molecule has 1 aliphatic rings. The number of anilines is 1. The maximum absolute atomic E-state index is 5.34. The molecule has 1 fully saturated rings. The molecule has 0 bridgehead atoms. The lowest BCUT2D eigenvalue weighted by Crippen LogP contribution is -3.14. The molecule has 0 unspecified atom stereocenters. The summed E-state index contributed by atoms with van der Waals surface area (Å²) in [5.74, 6) is 0. The molecule has 1 aromatic heterocycles. The number of nitrogens with zero attached hydrogens (tertiary/aromatic N) is 3. The van der Waals surface area contributed by atoms with Crippen LogP contribution in [0.3, 0.4) is 0 Å². The van der Waals surface area contributed by atoms with E-state index in [1.165, 1.54) is 5.69 Å². The van der Waals surface area contributed by atoms with Crippen LogP contribution in [0.25, 0.3) is 0 Å². The number of aromatic nitrogens is 2. The van der Waals surface area contributed by atoms with Gasteiger partial charge in [-0.2, -0.15) is 9.78 Å². The molecular formula is C14H19N4S2+. The highest BCUT2D eigenvalue weighted by molar-refractivity contribution is 7.73. The van der Waals surface area contributed by atoms with Crippen LogP contribution in [0.15, 0.2) is 30.3 Å². The summed E-state index contributed by atoms with van der Waals surface area (Å²) in [4.78, 5) is 4.01. The fourth-order valence-electron chi connectivity index (χ4n) is 2.60. The average Bonchev–Trinajstić information content (AvgIpc) is 2.79. The van der Waals surface area contributed by atoms with E-state index in [1.807, 2.05) is 11.6 Å². The quantitative estimate of drug-likeness (QED) is 0.867. The van der Waals surface area contributed by atoms with Crippen LogP contribution in [0.1, 0.15) is 5.01 Å². The molecular weight excluding hydrogens is 288 g/mol. The van der Waals surface area contributed by atoms with Crippen molar-refractivity contribution < 1.29 is 4.90 Å². The minimum absolute atomic E-state index is 0.889. The summed E-state index contributed by atoms with van der Waals surface area (Å²) in [7, 11) is 0. The molecule has 2 aromatic rings. The summed E-state index contributed by atoms with van der Waals surface area (Å²) < 4.78 is 2.86. The number of para-hydroxylation sites is 1. The molecule has 1 saturated heterocycles. The Morgan fingerprint density at radius 1 is 1.25 bits per heavy atom. The van der Waals surface area contributed by atoms with E-state index in [1.54, 1.807) is 16.2 Å². The predicted molar refractivity (Wildman–Crippen MR) is 85.0 cm³/mol. The van der Waals surface area contributed by atoms with Gasteiger partial charge < -0.3 is 9.80 Å². The Kier molecular flexibility index (Phi) is 4.14. The van der Waals surface area contributed by atoms with Crippen molar-refractivity contribution in [2.75, 3.05) is 31.1 Å². The molecule has 0 spiro atoms. The van der Waals surface area contributed by atoms with Crippen LogP contribution in [0.2, 0.25) is 0 Å². The minimum Gasteiger partial charge on any atom is -0.360 e. The van der Waals surface area contributed by atoms with Gasteiger partial charge in [-0.3, -0.25) is 0 Å². The highest BCUT2D eigenvalue weighted by atomic mass is 32.1. The van der Waals surface area contributed by atoms with E-state index in [2.05, 4.69) is 40.3 Å². The van der Waals surface area contributed by atoms with E-state index in [0.29, 0.717) is 0 Å². The second-order valence-corrected chi connectivity index (χ2v) is 6.94. The molecule has 0 atom stereocenters. The van der Waals surface area contributed by atoms with Crippen LogP contribution < -0.4 is 9.80 Å². The number of hydrogen-bond donors (Lipinski definition) is 1. The van der Waals surface area contributed by atoms with E-state index < -0.39 is 0 Å². The molecule has 0 radical (unpaired) electrons. The van der Waals surface area contributed by atoms with Crippen LogP contribution in [0, 0.1) is 10.9 Å². The predicted octanol–water partition coefficient (Wildman–Crippen LogP) is 1.35. The van der Waals surface area contributed by atoms with Gasteiger partial charge in [0.2, 0.25) is 0 Å². The normalized spacial score (nSPS) is 16.6. The van der Waals surface area contributed by atoms with Crippen molar-refractivity contribution in [2.45, 2.75) is 13.6 Å². The summed E-state index contributed by atoms with van der Waals surface area (Å²) in [6.45, 7) is 7.36. The lowest BCUT2D eigenvalue weighted by Gasteiger charge is -2.33. The summed E-state index contributed by atoms with van der Waals surface area (Å²) in [5.41, 5.74) is 1.33. The Bertz CT molecular complexity index is 612. The number of rotatable bonds is 3. The standard InChI is InChI=1S/C14H18N4S2/c1-12-15-18(14(19)20-12)11-16-7-9-17(10-8-16)13-5-3-2-4-6-13/h2-6H,7-11H2,1H3/p+1. The van der Waals surface area contributed by atoms with Crippen molar-refractivity contribution in [3.63, 3.8) is 0 Å². The number of nitrogens with one attached hydrogen (secondary N) is 1. The molecule has 20 heavy (non-hydrogen) atoms. The van der Waals surface area contributed by atoms with Crippen molar-refractivity contribution in [1.29, 1.82) is 0 Å². The summed E-state index contributed by atoms with van der Waals surface area (Å²) >= 11 is 6.93. The van der Waals surface area contributed by atoms with Crippen molar-refractivity contribution in [3.05, 3.63) is 39.3 Å².